The lowest BCUT2D eigenvalue weighted by molar-refractivity contribution is -0.119. The standard InChI is InChI=1S/C15H28Cl2O/c16-13-9-5-1-3-7-11-15(18)12-8-4-2-6-10-14-17/h1-14H2. The van der Waals surface area contributed by atoms with Crippen molar-refractivity contribution in [1.29, 1.82) is 0 Å². The van der Waals surface area contributed by atoms with Crippen LogP contribution in [-0.4, -0.2) is 17.5 Å². The van der Waals surface area contributed by atoms with Gasteiger partial charge in [-0.2, -0.15) is 0 Å². The SMILES string of the molecule is O=C(CCCCCCCCl)CCCCCCCCl. The molecular formula is C15H28Cl2O. The minimum atomic E-state index is 0.449. The maximum absolute atomic E-state index is 11.6. The summed E-state index contributed by atoms with van der Waals surface area (Å²) >= 11 is 11.2. The van der Waals surface area contributed by atoms with Gasteiger partial charge in [-0.05, 0) is 25.7 Å². The third-order valence-electron chi connectivity index (χ3n) is 3.18. The summed E-state index contributed by atoms with van der Waals surface area (Å²) in [5, 5.41) is 0. The Morgan fingerprint density at radius 3 is 1.28 bits per heavy atom. The third-order valence-corrected chi connectivity index (χ3v) is 3.71. The van der Waals surface area contributed by atoms with Gasteiger partial charge in [-0.1, -0.05) is 38.5 Å². The van der Waals surface area contributed by atoms with Crippen LogP contribution in [0.25, 0.3) is 0 Å². The summed E-state index contributed by atoms with van der Waals surface area (Å²) in [6.07, 6.45) is 13.1. The minimum absolute atomic E-state index is 0.449. The van der Waals surface area contributed by atoms with E-state index in [2.05, 4.69) is 0 Å². The number of carbonyl (C=O) groups excluding carboxylic acids is 1. The first-order valence-corrected chi connectivity index (χ1v) is 8.51. The number of Topliss-reactive ketones (excluding diaryl/α,β-unsaturated/α-hetero) is 1. The highest BCUT2D eigenvalue weighted by atomic mass is 35.5. The summed E-state index contributed by atoms with van der Waals surface area (Å²) in [7, 11) is 0. The van der Waals surface area contributed by atoms with Gasteiger partial charge in [0, 0.05) is 24.6 Å². The molecule has 0 aliphatic heterocycles. The Hall–Kier alpha value is 0.250. The molecule has 0 radical (unpaired) electrons. The Kier molecular flexibility index (Phi) is 15.5. The first-order chi connectivity index (χ1) is 8.81. The minimum Gasteiger partial charge on any atom is -0.300 e. The van der Waals surface area contributed by atoms with Crippen molar-refractivity contribution < 1.29 is 4.79 Å². The molecule has 0 bridgehead atoms. The molecule has 0 aromatic heterocycles. The Bertz CT molecular complexity index is 165. The Morgan fingerprint density at radius 2 is 0.889 bits per heavy atom. The van der Waals surface area contributed by atoms with E-state index in [9.17, 15) is 4.79 Å². The fourth-order valence-corrected chi connectivity index (χ4v) is 2.40. The number of carbonyl (C=O) groups is 1. The summed E-state index contributed by atoms with van der Waals surface area (Å²) in [5.74, 6) is 1.98. The predicted molar refractivity (Wildman–Crippen MR) is 81.9 cm³/mol. The van der Waals surface area contributed by atoms with E-state index in [0.29, 0.717) is 5.78 Å². The number of hydrogen-bond donors (Lipinski definition) is 0. The van der Waals surface area contributed by atoms with E-state index in [1.165, 1.54) is 38.5 Å². The quantitative estimate of drug-likeness (QED) is 0.296. The molecule has 0 fully saturated rings. The Labute approximate surface area is 123 Å². The fraction of sp³-hybridized carbons (Fsp3) is 0.933. The van der Waals surface area contributed by atoms with Gasteiger partial charge in [0.05, 0.1) is 0 Å². The number of hydrogen-bond acceptors (Lipinski definition) is 1. The third kappa shape index (κ3) is 14.3. The van der Waals surface area contributed by atoms with Crippen LogP contribution in [0.5, 0.6) is 0 Å². The van der Waals surface area contributed by atoms with E-state index in [-0.39, 0.29) is 0 Å². The van der Waals surface area contributed by atoms with Crippen molar-refractivity contribution >= 4 is 29.0 Å². The highest BCUT2D eigenvalue weighted by Gasteiger charge is 2.01. The number of unbranched alkanes of at least 4 members (excludes halogenated alkanes) is 8. The summed E-state index contributed by atoms with van der Waals surface area (Å²) < 4.78 is 0. The predicted octanol–water partition coefficient (Wildman–Crippen LogP) is 5.71. The molecule has 0 saturated heterocycles. The smallest absolute Gasteiger partial charge is 0.132 e. The molecule has 3 heteroatoms. The van der Waals surface area contributed by atoms with Gasteiger partial charge < -0.3 is 0 Å². The van der Waals surface area contributed by atoms with Crippen LogP contribution in [0, 0.1) is 0 Å². The van der Waals surface area contributed by atoms with Gasteiger partial charge in [-0.3, -0.25) is 4.79 Å². The van der Waals surface area contributed by atoms with Gasteiger partial charge in [0.25, 0.3) is 0 Å². The summed E-state index contributed by atoms with van der Waals surface area (Å²) in [6, 6.07) is 0. The van der Waals surface area contributed by atoms with Crippen molar-refractivity contribution in [1.82, 2.24) is 0 Å². The second-order valence-electron chi connectivity index (χ2n) is 4.95. The molecule has 0 N–H and O–H groups in total. The van der Waals surface area contributed by atoms with Crippen LogP contribution in [0.4, 0.5) is 0 Å². The van der Waals surface area contributed by atoms with Crippen LogP contribution < -0.4 is 0 Å². The monoisotopic (exact) mass is 294 g/mol. The van der Waals surface area contributed by atoms with E-state index in [1.54, 1.807) is 0 Å². The van der Waals surface area contributed by atoms with Gasteiger partial charge in [0.2, 0.25) is 0 Å². The summed E-state index contributed by atoms with van der Waals surface area (Å²) in [6.45, 7) is 0. The zero-order valence-electron chi connectivity index (χ0n) is 11.6. The van der Waals surface area contributed by atoms with Gasteiger partial charge in [-0.15, -0.1) is 23.2 Å². The number of alkyl halides is 2. The van der Waals surface area contributed by atoms with Gasteiger partial charge in [0.15, 0.2) is 0 Å². The lowest BCUT2D eigenvalue weighted by atomic mass is 10.0. The zero-order valence-corrected chi connectivity index (χ0v) is 13.1. The molecule has 0 aromatic carbocycles. The largest absolute Gasteiger partial charge is 0.300 e. The molecule has 18 heavy (non-hydrogen) atoms. The topological polar surface area (TPSA) is 17.1 Å². The first-order valence-electron chi connectivity index (χ1n) is 7.45. The van der Waals surface area contributed by atoms with Crippen LogP contribution >= 0.6 is 23.2 Å². The molecule has 0 atom stereocenters. The van der Waals surface area contributed by atoms with E-state index < -0.39 is 0 Å². The van der Waals surface area contributed by atoms with Gasteiger partial charge >= 0.3 is 0 Å². The van der Waals surface area contributed by atoms with Crippen LogP contribution in [0.2, 0.25) is 0 Å². The van der Waals surface area contributed by atoms with Gasteiger partial charge in [-0.25, -0.2) is 0 Å². The van der Waals surface area contributed by atoms with Crippen molar-refractivity contribution in [3.63, 3.8) is 0 Å². The lowest BCUT2D eigenvalue weighted by Crippen LogP contribution is -1.97. The normalized spacial score (nSPS) is 10.8. The van der Waals surface area contributed by atoms with Crippen molar-refractivity contribution in [2.75, 3.05) is 11.8 Å². The molecule has 108 valence electrons. The Morgan fingerprint density at radius 1 is 0.556 bits per heavy atom. The van der Waals surface area contributed by atoms with Crippen molar-refractivity contribution in [2.45, 2.75) is 77.0 Å². The van der Waals surface area contributed by atoms with Crippen LogP contribution in [-0.2, 0) is 4.79 Å². The molecular weight excluding hydrogens is 267 g/mol. The maximum atomic E-state index is 11.6. The molecule has 0 saturated carbocycles. The van der Waals surface area contributed by atoms with Crippen LogP contribution in [0.3, 0.4) is 0 Å². The van der Waals surface area contributed by atoms with E-state index >= 15 is 0 Å². The number of halogens is 2. The molecule has 0 unspecified atom stereocenters. The summed E-state index contributed by atoms with van der Waals surface area (Å²) in [4.78, 5) is 11.6. The molecule has 0 aromatic rings. The highest BCUT2D eigenvalue weighted by Crippen LogP contribution is 2.10. The average Bonchev–Trinajstić information content (AvgIpc) is 2.38. The molecule has 0 aliphatic carbocycles. The second kappa shape index (κ2) is 15.3. The number of ketones is 1. The molecule has 1 nitrogen and oxygen atoms in total. The van der Waals surface area contributed by atoms with Gasteiger partial charge in [0.1, 0.15) is 5.78 Å². The molecule has 0 spiro atoms. The van der Waals surface area contributed by atoms with Crippen molar-refractivity contribution in [2.24, 2.45) is 0 Å². The van der Waals surface area contributed by atoms with Crippen LogP contribution in [0.1, 0.15) is 77.0 Å². The first kappa shape index (κ1) is 18.2. The van der Waals surface area contributed by atoms with E-state index in [1.807, 2.05) is 0 Å². The average molecular weight is 295 g/mol. The van der Waals surface area contributed by atoms with E-state index in [4.69, 9.17) is 23.2 Å². The second-order valence-corrected chi connectivity index (χ2v) is 5.71. The molecule has 0 heterocycles. The zero-order chi connectivity index (χ0) is 13.5. The highest BCUT2D eigenvalue weighted by molar-refractivity contribution is 6.18. The lowest BCUT2D eigenvalue weighted by Gasteiger charge is -2.02. The Balaban J connectivity index is 3.12. The molecule has 0 aliphatic rings. The van der Waals surface area contributed by atoms with Crippen molar-refractivity contribution in [3.05, 3.63) is 0 Å². The maximum Gasteiger partial charge on any atom is 0.132 e. The number of rotatable bonds is 14. The van der Waals surface area contributed by atoms with Crippen LogP contribution in [0.15, 0.2) is 0 Å². The van der Waals surface area contributed by atoms with Crippen molar-refractivity contribution in [3.8, 4) is 0 Å². The summed E-state index contributed by atoms with van der Waals surface area (Å²) in [5.41, 5.74) is 0. The molecule has 0 amide bonds. The fourth-order valence-electron chi connectivity index (χ4n) is 2.02. The van der Waals surface area contributed by atoms with E-state index in [0.717, 1.165) is 50.3 Å². The molecule has 0 rings (SSSR count).